The number of nitrogen functional groups attached to an aromatic ring is 1. The minimum absolute atomic E-state index is 0.360. The highest BCUT2D eigenvalue weighted by molar-refractivity contribution is 9.10. The molecule has 0 bridgehead atoms. The van der Waals surface area contributed by atoms with E-state index >= 15 is 0 Å². The predicted octanol–water partition coefficient (Wildman–Crippen LogP) is 3.99. The molecule has 3 nitrogen and oxygen atoms in total. The Balaban J connectivity index is 2.59. The molecule has 0 aliphatic heterocycles. The molecule has 2 atom stereocenters. The lowest BCUT2D eigenvalue weighted by atomic mass is 10.0. The number of nitrogens with two attached hydrogens (primary N) is 1. The zero-order valence-corrected chi connectivity index (χ0v) is 12.0. The maximum absolute atomic E-state index is 6.03. The number of fused-ring (bicyclic) bond motifs is 1. The fraction of sp³-hybridized carbons (Fsp3) is 0.462. The summed E-state index contributed by atoms with van der Waals surface area (Å²) in [7, 11) is 0. The third-order valence-electron chi connectivity index (χ3n) is 3.55. The van der Waals surface area contributed by atoms with E-state index in [9.17, 15) is 0 Å². The molecule has 2 unspecified atom stereocenters. The number of hydrogen-bond donors (Lipinski definition) is 1. The second-order valence-corrected chi connectivity index (χ2v) is 5.51. The first-order valence-corrected chi connectivity index (χ1v) is 6.76. The average Bonchev–Trinajstić information content (AvgIpc) is 2.62. The summed E-state index contributed by atoms with van der Waals surface area (Å²) in [5.74, 6) is 1.18. The Kier molecular flexibility index (Phi) is 3.43. The quantitative estimate of drug-likeness (QED) is 0.930. The molecule has 1 heterocycles. The lowest BCUT2D eigenvalue weighted by Gasteiger charge is -2.21. The van der Waals surface area contributed by atoms with E-state index in [1.165, 1.54) is 0 Å². The first kappa shape index (κ1) is 12.4. The molecule has 2 rings (SSSR count). The zero-order valence-electron chi connectivity index (χ0n) is 10.4. The largest absolute Gasteiger partial charge is 0.369 e. The van der Waals surface area contributed by atoms with Crippen LogP contribution in [-0.2, 0) is 0 Å². The first-order valence-electron chi connectivity index (χ1n) is 5.97. The van der Waals surface area contributed by atoms with E-state index in [2.05, 4.69) is 52.3 Å². The molecule has 0 radical (unpaired) electrons. The third-order valence-corrected chi connectivity index (χ3v) is 4.05. The molecule has 17 heavy (non-hydrogen) atoms. The lowest BCUT2D eigenvalue weighted by molar-refractivity contribution is 0.381. The van der Waals surface area contributed by atoms with Gasteiger partial charge in [-0.1, -0.05) is 36.2 Å². The van der Waals surface area contributed by atoms with Crippen LogP contribution < -0.4 is 5.73 Å². The average molecular weight is 296 g/mol. The van der Waals surface area contributed by atoms with Gasteiger partial charge in [-0.25, -0.2) is 4.98 Å². The van der Waals surface area contributed by atoms with E-state index in [1.54, 1.807) is 0 Å². The highest BCUT2D eigenvalue weighted by Gasteiger charge is 2.18. The minimum atomic E-state index is 0.360. The highest BCUT2D eigenvalue weighted by Crippen LogP contribution is 2.30. The fourth-order valence-electron chi connectivity index (χ4n) is 2.11. The van der Waals surface area contributed by atoms with Crippen molar-refractivity contribution in [3.8, 4) is 0 Å². The number of benzene rings is 1. The van der Waals surface area contributed by atoms with Crippen molar-refractivity contribution in [1.82, 2.24) is 9.55 Å². The van der Waals surface area contributed by atoms with Gasteiger partial charge in [0.1, 0.15) is 0 Å². The molecule has 0 spiro atoms. The number of rotatable bonds is 3. The number of imidazole rings is 1. The van der Waals surface area contributed by atoms with Gasteiger partial charge in [-0.05, 0) is 31.0 Å². The van der Waals surface area contributed by atoms with Gasteiger partial charge in [-0.2, -0.15) is 0 Å². The Morgan fingerprint density at radius 2 is 2.12 bits per heavy atom. The summed E-state index contributed by atoms with van der Waals surface area (Å²) in [4.78, 5) is 4.41. The number of hydrogen-bond acceptors (Lipinski definition) is 2. The molecule has 0 aliphatic rings. The zero-order chi connectivity index (χ0) is 12.6. The Bertz CT molecular complexity index is 533. The molecule has 1 aromatic carbocycles. The maximum Gasteiger partial charge on any atom is 0.201 e. The molecule has 0 amide bonds. The topological polar surface area (TPSA) is 43.8 Å². The second-order valence-electron chi connectivity index (χ2n) is 4.60. The number of aromatic nitrogens is 2. The van der Waals surface area contributed by atoms with E-state index in [4.69, 9.17) is 5.73 Å². The minimum Gasteiger partial charge on any atom is -0.369 e. The van der Waals surface area contributed by atoms with Crippen molar-refractivity contribution in [2.45, 2.75) is 33.2 Å². The first-order chi connectivity index (χ1) is 8.04. The highest BCUT2D eigenvalue weighted by atomic mass is 79.9. The summed E-state index contributed by atoms with van der Waals surface area (Å²) in [6.45, 7) is 6.65. The molecule has 2 N–H and O–H groups in total. The van der Waals surface area contributed by atoms with Gasteiger partial charge in [0.25, 0.3) is 0 Å². The van der Waals surface area contributed by atoms with Crippen LogP contribution in [0.25, 0.3) is 11.0 Å². The summed E-state index contributed by atoms with van der Waals surface area (Å²) in [5.41, 5.74) is 8.09. The Labute approximate surface area is 110 Å². The normalized spacial score (nSPS) is 15.1. The predicted molar refractivity (Wildman–Crippen MR) is 76.0 cm³/mol. The van der Waals surface area contributed by atoms with Gasteiger partial charge in [0, 0.05) is 10.5 Å². The maximum atomic E-state index is 6.03. The van der Waals surface area contributed by atoms with Crippen molar-refractivity contribution in [3.63, 3.8) is 0 Å². The van der Waals surface area contributed by atoms with E-state index in [-0.39, 0.29) is 0 Å². The van der Waals surface area contributed by atoms with Gasteiger partial charge < -0.3 is 10.3 Å². The Morgan fingerprint density at radius 3 is 2.76 bits per heavy atom. The monoisotopic (exact) mass is 295 g/mol. The summed E-state index contributed by atoms with van der Waals surface area (Å²) in [6, 6.07) is 6.43. The van der Waals surface area contributed by atoms with Crippen molar-refractivity contribution in [2.24, 2.45) is 5.92 Å². The standard InChI is InChI=1S/C13H18BrN3/c1-4-8(2)9(3)17-12-7-10(14)5-6-11(12)16-13(17)15/h5-9H,4H2,1-3H3,(H2,15,16). The van der Waals surface area contributed by atoms with Crippen LogP contribution in [0.15, 0.2) is 22.7 Å². The summed E-state index contributed by atoms with van der Waals surface area (Å²) in [6.07, 6.45) is 1.13. The van der Waals surface area contributed by atoms with Crippen molar-refractivity contribution in [3.05, 3.63) is 22.7 Å². The van der Waals surface area contributed by atoms with Gasteiger partial charge in [-0.3, -0.25) is 0 Å². The molecule has 0 aliphatic carbocycles. The summed E-state index contributed by atoms with van der Waals surface area (Å²) in [5, 5.41) is 0. The number of anilines is 1. The Morgan fingerprint density at radius 1 is 1.41 bits per heavy atom. The van der Waals surface area contributed by atoms with Gasteiger partial charge in [0.15, 0.2) is 0 Å². The van der Waals surface area contributed by atoms with Crippen molar-refractivity contribution in [2.75, 3.05) is 5.73 Å². The molecular formula is C13H18BrN3. The van der Waals surface area contributed by atoms with Crippen LogP contribution in [0.2, 0.25) is 0 Å². The van der Waals surface area contributed by atoms with Crippen molar-refractivity contribution < 1.29 is 0 Å². The van der Waals surface area contributed by atoms with Crippen LogP contribution in [0.4, 0.5) is 5.95 Å². The van der Waals surface area contributed by atoms with Crippen LogP contribution in [0.1, 0.15) is 33.2 Å². The lowest BCUT2D eigenvalue weighted by Crippen LogP contribution is -2.15. The van der Waals surface area contributed by atoms with Crippen molar-refractivity contribution >= 4 is 32.9 Å². The molecule has 0 saturated carbocycles. The van der Waals surface area contributed by atoms with Gasteiger partial charge >= 0.3 is 0 Å². The van der Waals surface area contributed by atoms with Crippen LogP contribution in [0.3, 0.4) is 0 Å². The SMILES string of the molecule is CCC(C)C(C)n1c(N)nc2ccc(Br)cc21. The van der Waals surface area contributed by atoms with Crippen LogP contribution in [0, 0.1) is 5.92 Å². The van der Waals surface area contributed by atoms with Crippen LogP contribution >= 0.6 is 15.9 Å². The van der Waals surface area contributed by atoms with Crippen LogP contribution in [0.5, 0.6) is 0 Å². The Hall–Kier alpha value is -1.03. The summed E-state index contributed by atoms with van der Waals surface area (Å²) >= 11 is 3.50. The van der Waals surface area contributed by atoms with E-state index < -0.39 is 0 Å². The van der Waals surface area contributed by atoms with E-state index in [0.29, 0.717) is 17.9 Å². The molecule has 0 fully saturated rings. The van der Waals surface area contributed by atoms with E-state index in [0.717, 1.165) is 21.9 Å². The third kappa shape index (κ3) is 2.18. The molecule has 92 valence electrons. The fourth-order valence-corrected chi connectivity index (χ4v) is 2.46. The molecular weight excluding hydrogens is 278 g/mol. The van der Waals surface area contributed by atoms with Crippen molar-refractivity contribution in [1.29, 1.82) is 0 Å². The molecule has 2 aromatic rings. The second kappa shape index (κ2) is 4.69. The van der Waals surface area contributed by atoms with E-state index in [1.807, 2.05) is 12.1 Å². The van der Waals surface area contributed by atoms with Gasteiger partial charge in [-0.15, -0.1) is 0 Å². The van der Waals surface area contributed by atoms with Crippen LogP contribution in [-0.4, -0.2) is 9.55 Å². The van der Waals surface area contributed by atoms with Gasteiger partial charge in [0.2, 0.25) is 5.95 Å². The molecule has 4 heteroatoms. The number of nitrogens with zero attached hydrogens (tertiary/aromatic N) is 2. The smallest absolute Gasteiger partial charge is 0.201 e. The number of halogens is 1. The summed E-state index contributed by atoms with van der Waals surface area (Å²) < 4.78 is 3.19. The van der Waals surface area contributed by atoms with Gasteiger partial charge in [0.05, 0.1) is 11.0 Å². The molecule has 1 aromatic heterocycles. The molecule has 0 saturated heterocycles.